The monoisotopic (exact) mass is 307 g/mol. The van der Waals surface area contributed by atoms with Gasteiger partial charge in [0.1, 0.15) is 4.88 Å². The lowest BCUT2D eigenvalue weighted by molar-refractivity contribution is -0.131. The van der Waals surface area contributed by atoms with Gasteiger partial charge >= 0.3 is 5.97 Å². The summed E-state index contributed by atoms with van der Waals surface area (Å²) < 4.78 is 0. The Morgan fingerprint density at radius 2 is 2.25 bits per heavy atom. The molecule has 4 nitrogen and oxygen atoms in total. The van der Waals surface area contributed by atoms with Gasteiger partial charge in [0.05, 0.1) is 6.42 Å². The van der Waals surface area contributed by atoms with Crippen molar-refractivity contribution in [1.82, 2.24) is 4.90 Å². The van der Waals surface area contributed by atoms with E-state index in [1.807, 2.05) is 22.4 Å². The van der Waals surface area contributed by atoms with E-state index in [2.05, 4.69) is 0 Å². The predicted molar refractivity (Wildman–Crippen MR) is 78.4 cm³/mol. The lowest BCUT2D eigenvalue weighted by Gasteiger charge is -2.26. The number of hydrogen-bond donors (Lipinski definition) is 1. The molecule has 3 rings (SSSR count). The van der Waals surface area contributed by atoms with Crippen molar-refractivity contribution in [3.8, 4) is 0 Å². The van der Waals surface area contributed by atoms with Crippen LogP contribution in [0.15, 0.2) is 23.6 Å². The molecule has 1 amide bonds. The van der Waals surface area contributed by atoms with Crippen molar-refractivity contribution < 1.29 is 14.7 Å². The molecule has 0 atom stereocenters. The molecular weight excluding hydrogens is 294 g/mol. The smallest absolute Gasteiger partial charge is 0.345 e. The molecule has 1 aliphatic heterocycles. The normalized spacial score (nSPS) is 14.1. The minimum Gasteiger partial charge on any atom is -0.477 e. The van der Waals surface area contributed by atoms with Gasteiger partial charge in [-0.05, 0) is 29.5 Å². The standard InChI is InChI=1S/C14H13NO3S2/c16-13(7-10-2-1-5-19-10)15-4-3-11-9(8-15)6-12(20-11)14(17)18/h1-2,5-6H,3-4,7-8H2,(H,17,18). The molecular formula is C14H13NO3S2. The summed E-state index contributed by atoms with van der Waals surface area (Å²) in [6, 6.07) is 5.61. The fourth-order valence-corrected chi connectivity index (χ4v) is 4.02. The molecule has 0 aliphatic carbocycles. The molecule has 0 radical (unpaired) electrons. The van der Waals surface area contributed by atoms with Crippen molar-refractivity contribution in [2.75, 3.05) is 6.54 Å². The Bertz CT molecular complexity index is 645. The van der Waals surface area contributed by atoms with Crippen LogP contribution in [0.4, 0.5) is 0 Å². The zero-order chi connectivity index (χ0) is 14.1. The molecule has 0 fully saturated rings. The Labute approximate surface area is 124 Å². The molecule has 0 saturated carbocycles. The van der Waals surface area contributed by atoms with Gasteiger partial charge in [-0.3, -0.25) is 4.79 Å². The van der Waals surface area contributed by atoms with Gasteiger partial charge in [0.25, 0.3) is 0 Å². The Kier molecular flexibility index (Phi) is 3.58. The van der Waals surface area contributed by atoms with Crippen molar-refractivity contribution in [1.29, 1.82) is 0 Å². The first-order valence-electron chi connectivity index (χ1n) is 6.28. The van der Waals surface area contributed by atoms with Crippen LogP contribution in [0.3, 0.4) is 0 Å². The van der Waals surface area contributed by atoms with E-state index in [-0.39, 0.29) is 5.91 Å². The van der Waals surface area contributed by atoms with Crippen molar-refractivity contribution >= 4 is 34.6 Å². The summed E-state index contributed by atoms with van der Waals surface area (Å²) in [6.07, 6.45) is 1.19. The molecule has 2 aromatic rings. The number of fused-ring (bicyclic) bond motifs is 1. The molecule has 0 unspecified atom stereocenters. The highest BCUT2D eigenvalue weighted by molar-refractivity contribution is 7.14. The average Bonchev–Trinajstić information content (AvgIpc) is 3.05. The second-order valence-electron chi connectivity index (χ2n) is 4.69. The molecule has 1 aliphatic rings. The molecule has 0 aromatic carbocycles. The molecule has 0 bridgehead atoms. The molecule has 20 heavy (non-hydrogen) atoms. The lowest BCUT2D eigenvalue weighted by Crippen LogP contribution is -2.36. The molecule has 104 valence electrons. The molecule has 1 N–H and O–H groups in total. The number of amides is 1. The van der Waals surface area contributed by atoms with Crippen LogP contribution in [-0.2, 0) is 24.2 Å². The first-order valence-corrected chi connectivity index (χ1v) is 7.98. The topological polar surface area (TPSA) is 57.6 Å². The molecule has 6 heteroatoms. The van der Waals surface area contributed by atoms with Gasteiger partial charge in [-0.2, -0.15) is 0 Å². The quantitative estimate of drug-likeness (QED) is 0.948. The van der Waals surface area contributed by atoms with E-state index in [1.54, 1.807) is 17.4 Å². The summed E-state index contributed by atoms with van der Waals surface area (Å²) in [4.78, 5) is 27.6. The predicted octanol–water partition coefficient (Wildman–Crippen LogP) is 2.64. The summed E-state index contributed by atoms with van der Waals surface area (Å²) in [5, 5.41) is 11.0. The third-order valence-corrected chi connectivity index (χ3v) is 5.44. The SMILES string of the molecule is O=C(O)c1cc2c(s1)CCN(C(=O)Cc1cccs1)C2. The molecule has 0 saturated heterocycles. The van der Waals surface area contributed by atoms with E-state index in [0.717, 1.165) is 21.7 Å². The first kappa shape index (κ1) is 13.3. The van der Waals surface area contributed by atoms with Crippen molar-refractivity contribution in [3.63, 3.8) is 0 Å². The number of thiophene rings is 2. The Balaban J connectivity index is 1.71. The van der Waals surface area contributed by atoms with Crippen molar-refractivity contribution in [2.24, 2.45) is 0 Å². The fourth-order valence-electron chi connectivity index (χ4n) is 2.33. The van der Waals surface area contributed by atoms with Crippen molar-refractivity contribution in [3.05, 3.63) is 43.8 Å². The largest absolute Gasteiger partial charge is 0.477 e. The van der Waals surface area contributed by atoms with Gasteiger partial charge in [-0.25, -0.2) is 4.79 Å². The van der Waals surface area contributed by atoms with E-state index in [4.69, 9.17) is 5.11 Å². The number of aromatic carboxylic acids is 1. The van der Waals surface area contributed by atoms with Crippen LogP contribution in [0, 0.1) is 0 Å². The summed E-state index contributed by atoms with van der Waals surface area (Å²) in [6.45, 7) is 1.21. The van der Waals surface area contributed by atoms with Crippen LogP contribution in [0.1, 0.15) is 25.0 Å². The van der Waals surface area contributed by atoms with Gasteiger partial charge in [0.2, 0.25) is 5.91 Å². The Morgan fingerprint density at radius 1 is 1.40 bits per heavy atom. The van der Waals surface area contributed by atoms with Crippen LogP contribution in [0.25, 0.3) is 0 Å². The summed E-state index contributed by atoms with van der Waals surface area (Å²) >= 11 is 2.91. The van der Waals surface area contributed by atoms with Crippen LogP contribution in [-0.4, -0.2) is 28.4 Å². The maximum atomic E-state index is 12.2. The second kappa shape index (κ2) is 5.38. The highest BCUT2D eigenvalue weighted by Crippen LogP contribution is 2.28. The van der Waals surface area contributed by atoms with Crippen LogP contribution in [0.2, 0.25) is 0 Å². The second-order valence-corrected chi connectivity index (χ2v) is 6.85. The third kappa shape index (κ3) is 2.62. The Hall–Kier alpha value is -1.66. The number of carboxylic acids is 1. The molecule has 0 spiro atoms. The van der Waals surface area contributed by atoms with Crippen LogP contribution >= 0.6 is 22.7 Å². The van der Waals surface area contributed by atoms with Gasteiger partial charge in [-0.1, -0.05) is 6.07 Å². The third-order valence-electron chi connectivity index (χ3n) is 3.34. The zero-order valence-corrected chi connectivity index (χ0v) is 12.3. The van der Waals surface area contributed by atoms with E-state index in [9.17, 15) is 9.59 Å². The average molecular weight is 307 g/mol. The number of carbonyl (C=O) groups excluding carboxylic acids is 1. The maximum Gasteiger partial charge on any atom is 0.345 e. The van der Waals surface area contributed by atoms with E-state index in [0.29, 0.717) is 24.4 Å². The van der Waals surface area contributed by atoms with Crippen molar-refractivity contribution in [2.45, 2.75) is 19.4 Å². The van der Waals surface area contributed by atoms with Gasteiger partial charge in [0, 0.05) is 22.8 Å². The summed E-state index contributed by atoms with van der Waals surface area (Å²) in [5.74, 6) is -0.776. The highest BCUT2D eigenvalue weighted by atomic mass is 32.1. The number of rotatable bonds is 3. The molecule has 2 aromatic heterocycles. The van der Waals surface area contributed by atoms with Gasteiger partial charge in [-0.15, -0.1) is 22.7 Å². The van der Waals surface area contributed by atoms with E-state index in [1.165, 1.54) is 11.3 Å². The number of carboxylic acid groups (broad SMARTS) is 1. The van der Waals surface area contributed by atoms with E-state index >= 15 is 0 Å². The minimum atomic E-state index is -0.888. The number of carbonyl (C=O) groups is 2. The van der Waals surface area contributed by atoms with Crippen LogP contribution < -0.4 is 0 Å². The van der Waals surface area contributed by atoms with E-state index < -0.39 is 5.97 Å². The highest BCUT2D eigenvalue weighted by Gasteiger charge is 2.24. The van der Waals surface area contributed by atoms with Gasteiger partial charge in [0.15, 0.2) is 0 Å². The molecule has 3 heterocycles. The Morgan fingerprint density at radius 3 is 2.95 bits per heavy atom. The summed E-state index contributed by atoms with van der Waals surface area (Å²) in [5.41, 5.74) is 0.984. The summed E-state index contributed by atoms with van der Waals surface area (Å²) in [7, 11) is 0. The first-order chi connectivity index (χ1) is 9.63. The number of hydrogen-bond acceptors (Lipinski definition) is 4. The fraction of sp³-hybridized carbons (Fsp3) is 0.286. The minimum absolute atomic E-state index is 0.112. The van der Waals surface area contributed by atoms with Gasteiger partial charge < -0.3 is 10.0 Å². The maximum absolute atomic E-state index is 12.2. The lowest BCUT2D eigenvalue weighted by atomic mass is 10.1. The number of nitrogens with zero attached hydrogens (tertiary/aromatic N) is 1. The van der Waals surface area contributed by atoms with Crippen LogP contribution in [0.5, 0.6) is 0 Å². The zero-order valence-electron chi connectivity index (χ0n) is 10.7.